The van der Waals surface area contributed by atoms with Gasteiger partial charge in [-0.05, 0) is 35.9 Å². The van der Waals surface area contributed by atoms with Gasteiger partial charge in [-0.3, -0.25) is 15.0 Å². The lowest BCUT2D eigenvalue weighted by Gasteiger charge is -2.38. The van der Waals surface area contributed by atoms with Crippen LogP contribution >= 0.6 is 11.6 Å². The summed E-state index contributed by atoms with van der Waals surface area (Å²) in [5.41, 5.74) is 2.09. The molecular formula is C25H29ClN6O3. The number of hydrogen-bond donors (Lipinski definition) is 1. The molecule has 184 valence electrons. The molecule has 0 radical (unpaired) electrons. The van der Waals surface area contributed by atoms with Crippen LogP contribution in [0.4, 0.5) is 10.5 Å². The first-order chi connectivity index (χ1) is 16.9. The fraction of sp³-hybridized carbons (Fsp3) is 0.400. The van der Waals surface area contributed by atoms with Crippen LogP contribution in [-0.2, 0) is 11.3 Å². The number of rotatable bonds is 6. The Morgan fingerprint density at radius 1 is 1.03 bits per heavy atom. The Balaban J connectivity index is 1.31. The number of methoxy groups -OCH3 is 1. The summed E-state index contributed by atoms with van der Waals surface area (Å²) >= 11 is 6.44. The summed E-state index contributed by atoms with van der Waals surface area (Å²) < 4.78 is 5.26. The molecule has 3 heterocycles. The topological polar surface area (TPSA) is 80.7 Å². The van der Waals surface area contributed by atoms with Crippen LogP contribution in [0, 0.1) is 0 Å². The normalized spacial score (nSPS) is 22.7. The van der Waals surface area contributed by atoms with Crippen molar-refractivity contribution in [1.29, 1.82) is 0 Å². The minimum absolute atomic E-state index is 0.326. The number of fused-ring (bicyclic) bond motifs is 1. The Bertz CT molecular complexity index is 1130. The number of carbonyl (C=O) groups is 2. The van der Waals surface area contributed by atoms with Crippen LogP contribution in [0.15, 0.2) is 53.5 Å². The highest BCUT2D eigenvalue weighted by molar-refractivity contribution is 6.31. The van der Waals surface area contributed by atoms with Crippen molar-refractivity contribution in [2.45, 2.75) is 18.8 Å². The Kier molecular flexibility index (Phi) is 6.53. The molecule has 2 atom stereocenters. The average Bonchev–Trinajstić information content (AvgIpc) is 3.23. The van der Waals surface area contributed by atoms with E-state index in [0.717, 1.165) is 43.3 Å². The van der Waals surface area contributed by atoms with Gasteiger partial charge in [0.2, 0.25) is 0 Å². The molecule has 0 aromatic heterocycles. The van der Waals surface area contributed by atoms with Gasteiger partial charge in [-0.25, -0.2) is 9.79 Å². The fourth-order valence-electron chi connectivity index (χ4n) is 4.87. The fourth-order valence-corrected chi connectivity index (χ4v) is 5.07. The van der Waals surface area contributed by atoms with Crippen molar-refractivity contribution in [3.05, 3.63) is 59.1 Å². The highest BCUT2D eigenvalue weighted by Crippen LogP contribution is 2.28. The number of amidine groups is 1. The van der Waals surface area contributed by atoms with E-state index >= 15 is 0 Å². The summed E-state index contributed by atoms with van der Waals surface area (Å²) in [6.45, 7) is 4.54. The zero-order valence-electron chi connectivity index (χ0n) is 19.9. The van der Waals surface area contributed by atoms with Gasteiger partial charge >= 0.3 is 6.03 Å². The molecular weight excluding hydrogens is 468 g/mol. The monoisotopic (exact) mass is 496 g/mol. The van der Waals surface area contributed by atoms with Gasteiger partial charge in [-0.1, -0.05) is 29.8 Å². The summed E-state index contributed by atoms with van der Waals surface area (Å²) in [6, 6.07) is 14.7. The zero-order valence-corrected chi connectivity index (χ0v) is 20.6. The number of benzene rings is 2. The molecule has 10 heteroatoms. The molecule has 2 aromatic rings. The molecule has 9 nitrogen and oxygen atoms in total. The van der Waals surface area contributed by atoms with E-state index in [0.29, 0.717) is 18.1 Å². The lowest BCUT2D eigenvalue weighted by molar-refractivity contribution is -0.127. The molecule has 0 saturated carbocycles. The highest BCUT2D eigenvalue weighted by atomic mass is 35.5. The second-order valence-electron chi connectivity index (χ2n) is 8.99. The first-order valence-electron chi connectivity index (χ1n) is 11.7. The van der Waals surface area contributed by atoms with Gasteiger partial charge in [-0.15, -0.1) is 0 Å². The third-order valence-corrected chi connectivity index (χ3v) is 7.29. The highest BCUT2D eigenvalue weighted by Gasteiger charge is 2.48. The molecule has 5 rings (SSSR count). The van der Waals surface area contributed by atoms with Crippen molar-refractivity contribution < 1.29 is 14.3 Å². The maximum Gasteiger partial charge on any atom is 0.325 e. The largest absolute Gasteiger partial charge is 0.497 e. The van der Waals surface area contributed by atoms with Crippen LogP contribution in [-0.4, -0.2) is 91.6 Å². The van der Waals surface area contributed by atoms with Crippen molar-refractivity contribution in [3.63, 3.8) is 0 Å². The van der Waals surface area contributed by atoms with Crippen molar-refractivity contribution in [3.8, 4) is 5.75 Å². The van der Waals surface area contributed by atoms with E-state index in [2.05, 4.69) is 27.2 Å². The number of ether oxygens (including phenoxy) is 1. The van der Waals surface area contributed by atoms with E-state index in [1.54, 1.807) is 14.2 Å². The zero-order chi connectivity index (χ0) is 24.5. The van der Waals surface area contributed by atoms with E-state index in [1.165, 1.54) is 10.6 Å². The number of imide groups is 1. The number of anilines is 1. The van der Waals surface area contributed by atoms with E-state index < -0.39 is 18.2 Å². The molecule has 35 heavy (non-hydrogen) atoms. The quantitative estimate of drug-likeness (QED) is 0.661. The minimum atomic E-state index is -0.579. The third-order valence-electron chi connectivity index (χ3n) is 6.92. The molecule has 3 aliphatic heterocycles. The summed E-state index contributed by atoms with van der Waals surface area (Å²) in [6.07, 6.45) is -0.547. The Labute approximate surface area is 209 Å². The molecule has 3 amide bonds. The summed E-state index contributed by atoms with van der Waals surface area (Å²) in [5.74, 6) is 1.32. The summed E-state index contributed by atoms with van der Waals surface area (Å²) in [4.78, 5) is 38.2. The van der Waals surface area contributed by atoms with Crippen LogP contribution in [0.3, 0.4) is 0 Å². The number of likely N-dealkylation sites (N-methyl/N-ethyl adjacent to an activating group) is 1. The lowest BCUT2D eigenvalue weighted by Crippen LogP contribution is -2.63. The maximum absolute atomic E-state index is 12.9. The molecule has 0 spiro atoms. The van der Waals surface area contributed by atoms with Crippen LogP contribution in [0.25, 0.3) is 0 Å². The van der Waals surface area contributed by atoms with Crippen LogP contribution in [0.5, 0.6) is 5.75 Å². The Hall–Kier alpha value is -3.30. The predicted molar refractivity (Wildman–Crippen MR) is 135 cm³/mol. The van der Waals surface area contributed by atoms with Gasteiger partial charge in [0.1, 0.15) is 11.6 Å². The number of halogens is 1. The van der Waals surface area contributed by atoms with Crippen LogP contribution < -0.4 is 15.0 Å². The SMILES string of the molecule is COc1ccc(N2CCN(CC3=NC4C(C(=O)NC(=O)N4C)N3Cc3ccccc3Cl)CC2)cc1. The number of aliphatic imine (C=N–C) groups is 1. The Morgan fingerprint density at radius 2 is 1.74 bits per heavy atom. The molecule has 0 bridgehead atoms. The van der Waals surface area contributed by atoms with E-state index in [-0.39, 0.29) is 5.91 Å². The number of hydrogen-bond acceptors (Lipinski definition) is 7. The van der Waals surface area contributed by atoms with Gasteiger partial charge < -0.3 is 19.4 Å². The predicted octanol–water partition coefficient (Wildman–Crippen LogP) is 2.26. The standard InChI is InChI=1S/C25H29ClN6O3/c1-29-23-22(24(33)28-25(29)34)32(15-17-5-3-4-6-20(17)26)21(27-23)16-30-11-13-31(14-12-30)18-7-9-19(35-2)10-8-18/h3-10,22-23H,11-16H2,1-2H3,(H,28,33,34). The van der Waals surface area contributed by atoms with Crippen molar-refractivity contribution in [2.75, 3.05) is 51.8 Å². The number of piperazine rings is 1. The number of urea groups is 1. The molecule has 2 aromatic carbocycles. The van der Waals surface area contributed by atoms with Gasteiger partial charge in [-0.2, -0.15) is 0 Å². The van der Waals surface area contributed by atoms with Gasteiger partial charge in [0.05, 0.1) is 13.7 Å². The molecule has 2 saturated heterocycles. The number of nitrogens with one attached hydrogen (secondary N) is 1. The molecule has 2 unspecified atom stereocenters. The van der Waals surface area contributed by atoms with Crippen LogP contribution in [0.1, 0.15) is 5.56 Å². The number of amides is 3. The van der Waals surface area contributed by atoms with E-state index in [9.17, 15) is 9.59 Å². The van der Waals surface area contributed by atoms with Gasteiger partial charge in [0.25, 0.3) is 5.91 Å². The van der Waals surface area contributed by atoms with E-state index in [1.807, 2.05) is 41.3 Å². The van der Waals surface area contributed by atoms with Crippen molar-refractivity contribution >= 4 is 35.1 Å². The average molecular weight is 497 g/mol. The van der Waals surface area contributed by atoms with Crippen LogP contribution in [0.2, 0.25) is 5.02 Å². The maximum atomic E-state index is 12.9. The minimum Gasteiger partial charge on any atom is -0.497 e. The Morgan fingerprint density at radius 3 is 2.43 bits per heavy atom. The summed E-state index contributed by atoms with van der Waals surface area (Å²) in [7, 11) is 3.34. The summed E-state index contributed by atoms with van der Waals surface area (Å²) in [5, 5.41) is 3.10. The molecule has 0 aliphatic carbocycles. The second-order valence-corrected chi connectivity index (χ2v) is 9.40. The molecule has 3 aliphatic rings. The van der Waals surface area contributed by atoms with Gasteiger partial charge in [0.15, 0.2) is 12.2 Å². The second kappa shape index (κ2) is 9.75. The van der Waals surface area contributed by atoms with Crippen molar-refractivity contribution in [1.82, 2.24) is 20.0 Å². The van der Waals surface area contributed by atoms with E-state index in [4.69, 9.17) is 21.3 Å². The van der Waals surface area contributed by atoms with Gasteiger partial charge in [0, 0.05) is 50.5 Å². The first kappa shape index (κ1) is 23.4. The third kappa shape index (κ3) is 4.66. The smallest absolute Gasteiger partial charge is 0.325 e. The van der Waals surface area contributed by atoms with Crippen molar-refractivity contribution in [2.24, 2.45) is 4.99 Å². The molecule has 2 fully saturated rings. The number of carbonyl (C=O) groups excluding carboxylic acids is 2. The number of nitrogens with zero attached hydrogens (tertiary/aromatic N) is 5. The lowest BCUT2D eigenvalue weighted by atomic mass is 10.1. The molecule has 1 N–H and O–H groups in total. The first-order valence-corrected chi connectivity index (χ1v) is 12.1.